The second-order valence-corrected chi connectivity index (χ2v) is 7.97. The maximum Gasteiger partial charge on any atom is 0.573 e. The Morgan fingerprint density at radius 1 is 1.22 bits per heavy atom. The smallest absolute Gasteiger partial charge is 0.441 e. The van der Waals surface area contributed by atoms with Crippen molar-refractivity contribution in [3.8, 4) is 5.75 Å². The summed E-state index contributed by atoms with van der Waals surface area (Å²) in [5.41, 5.74) is 1.25. The van der Waals surface area contributed by atoms with Crippen LogP contribution < -0.4 is 9.64 Å². The molecule has 1 aromatic carbocycles. The first kappa shape index (κ1) is 22.2. The van der Waals surface area contributed by atoms with Crippen molar-refractivity contribution in [1.29, 1.82) is 0 Å². The average molecular weight is 469 g/mol. The number of nitrogens with one attached hydrogen (secondary N) is 1. The van der Waals surface area contributed by atoms with E-state index in [9.17, 15) is 18.0 Å². The molecule has 5 rings (SSSR count). The topological polar surface area (TPSA) is 80.3 Å². The highest BCUT2D eigenvalue weighted by Gasteiger charge is 2.48. The van der Waals surface area contributed by atoms with Gasteiger partial charge in [0.1, 0.15) is 17.2 Å². The molecule has 0 radical (unpaired) electrons. The minimum atomic E-state index is -4.74. The molecule has 7 nitrogen and oxygen atoms in total. The zero-order chi connectivity index (χ0) is 21.6. The summed E-state index contributed by atoms with van der Waals surface area (Å²) in [5, 5.41) is 0. The van der Waals surface area contributed by atoms with Gasteiger partial charge in [0.2, 0.25) is 0 Å². The number of aromatic amines is 1. The second-order valence-electron chi connectivity index (χ2n) is 7.97. The number of benzene rings is 1. The van der Waals surface area contributed by atoms with Crippen molar-refractivity contribution < 1.29 is 27.4 Å². The predicted molar refractivity (Wildman–Crippen MR) is 112 cm³/mol. The number of nitrogens with zero attached hydrogens (tertiary/aromatic N) is 3. The van der Waals surface area contributed by atoms with Gasteiger partial charge in [-0.3, -0.25) is 9.88 Å². The van der Waals surface area contributed by atoms with Gasteiger partial charge in [0.05, 0.1) is 29.5 Å². The van der Waals surface area contributed by atoms with Crippen LogP contribution in [0.3, 0.4) is 0 Å². The SMILES string of the molecule is Cl.O=C1OC2(CCC(c3nc4ccc(OC(F)(F)F)cc4[nH]3)CC2)CN1c1cccnc1. The van der Waals surface area contributed by atoms with Crippen molar-refractivity contribution >= 4 is 35.2 Å². The molecule has 1 amide bonds. The fourth-order valence-corrected chi connectivity index (χ4v) is 4.41. The van der Waals surface area contributed by atoms with Gasteiger partial charge in [0, 0.05) is 18.2 Å². The highest BCUT2D eigenvalue weighted by atomic mass is 35.5. The van der Waals surface area contributed by atoms with Crippen molar-refractivity contribution in [2.75, 3.05) is 11.4 Å². The molecule has 170 valence electrons. The molecule has 2 aromatic heterocycles. The number of anilines is 1. The molecule has 1 aliphatic heterocycles. The first-order valence-corrected chi connectivity index (χ1v) is 9.96. The van der Waals surface area contributed by atoms with Crippen LogP contribution >= 0.6 is 12.4 Å². The van der Waals surface area contributed by atoms with E-state index >= 15 is 0 Å². The third-order valence-electron chi connectivity index (χ3n) is 5.92. The zero-order valence-electron chi connectivity index (χ0n) is 16.8. The normalized spacial score (nSPS) is 23.3. The fourth-order valence-electron chi connectivity index (χ4n) is 4.41. The lowest BCUT2D eigenvalue weighted by Gasteiger charge is -2.34. The van der Waals surface area contributed by atoms with Gasteiger partial charge < -0.3 is 14.5 Å². The monoisotopic (exact) mass is 468 g/mol. The largest absolute Gasteiger partial charge is 0.573 e. The molecule has 1 saturated heterocycles. The molecule has 1 spiro atoms. The average Bonchev–Trinajstić information content (AvgIpc) is 3.29. The number of fused-ring (bicyclic) bond motifs is 1. The summed E-state index contributed by atoms with van der Waals surface area (Å²) in [6.07, 6.45) is 1.04. The number of hydrogen-bond acceptors (Lipinski definition) is 5. The number of H-pyrrole nitrogens is 1. The van der Waals surface area contributed by atoms with Gasteiger partial charge in [-0.15, -0.1) is 25.6 Å². The molecule has 11 heteroatoms. The van der Waals surface area contributed by atoms with E-state index in [1.54, 1.807) is 23.4 Å². The summed E-state index contributed by atoms with van der Waals surface area (Å²) < 4.78 is 47.1. The Hall–Kier alpha value is -3.01. The molecule has 2 fully saturated rings. The summed E-state index contributed by atoms with van der Waals surface area (Å²) in [7, 11) is 0. The van der Waals surface area contributed by atoms with Crippen LogP contribution in [-0.2, 0) is 4.74 Å². The second kappa shape index (κ2) is 8.16. The van der Waals surface area contributed by atoms with E-state index in [4.69, 9.17) is 4.74 Å². The van der Waals surface area contributed by atoms with Crippen LogP contribution in [0.1, 0.15) is 37.4 Å². The third-order valence-corrected chi connectivity index (χ3v) is 5.92. The Labute approximate surface area is 187 Å². The maximum atomic E-state index is 12.5. The van der Waals surface area contributed by atoms with Crippen molar-refractivity contribution in [1.82, 2.24) is 15.0 Å². The Bertz CT molecular complexity index is 1110. The van der Waals surface area contributed by atoms with Crippen LogP contribution in [0, 0.1) is 0 Å². The Morgan fingerprint density at radius 2 is 2.00 bits per heavy atom. The van der Waals surface area contributed by atoms with E-state index in [-0.39, 0.29) is 30.2 Å². The number of halogens is 4. The van der Waals surface area contributed by atoms with Crippen LogP contribution in [-0.4, -0.2) is 39.6 Å². The molecule has 1 N–H and O–H groups in total. The number of ether oxygens (including phenoxy) is 2. The van der Waals surface area contributed by atoms with E-state index in [0.717, 1.165) is 18.7 Å². The van der Waals surface area contributed by atoms with Crippen LogP contribution in [0.15, 0.2) is 42.7 Å². The number of hydrogen-bond donors (Lipinski definition) is 1. The van der Waals surface area contributed by atoms with E-state index in [1.165, 1.54) is 18.2 Å². The number of amides is 1. The van der Waals surface area contributed by atoms with E-state index < -0.39 is 12.0 Å². The quantitative estimate of drug-likeness (QED) is 0.562. The zero-order valence-corrected chi connectivity index (χ0v) is 17.6. The molecule has 2 aliphatic rings. The van der Waals surface area contributed by atoms with E-state index in [0.29, 0.717) is 36.1 Å². The summed E-state index contributed by atoms with van der Waals surface area (Å²) in [4.78, 5) is 25.8. The highest BCUT2D eigenvalue weighted by Crippen LogP contribution is 2.43. The minimum absolute atomic E-state index is 0. The van der Waals surface area contributed by atoms with Gasteiger partial charge in [0.15, 0.2) is 0 Å². The molecule has 3 aromatic rings. The molecule has 0 atom stereocenters. The maximum absolute atomic E-state index is 12.5. The Kier molecular flexibility index (Phi) is 5.66. The number of pyridine rings is 1. The molecule has 1 aliphatic carbocycles. The summed E-state index contributed by atoms with van der Waals surface area (Å²) in [5.74, 6) is 0.546. The first-order valence-electron chi connectivity index (χ1n) is 9.96. The van der Waals surface area contributed by atoms with Gasteiger partial charge >= 0.3 is 12.5 Å². The summed E-state index contributed by atoms with van der Waals surface area (Å²) >= 11 is 0. The lowest BCUT2D eigenvalue weighted by Crippen LogP contribution is -2.38. The van der Waals surface area contributed by atoms with Crippen LogP contribution in [0.4, 0.5) is 23.7 Å². The molecule has 3 heterocycles. The van der Waals surface area contributed by atoms with Gasteiger partial charge in [-0.05, 0) is 49.9 Å². The van der Waals surface area contributed by atoms with Crippen LogP contribution in [0.25, 0.3) is 11.0 Å². The third kappa shape index (κ3) is 4.32. The number of carbonyl (C=O) groups excluding carboxylic acids is 1. The van der Waals surface area contributed by atoms with Gasteiger partial charge in [0.25, 0.3) is 0 Å². The van der Waals surface area contributed by atoms with Crippen molar-refractivity contribution in [2.45, 2.75) is 43.6 Å². The predicted octanol–water partition coefficient (Wildman–Crippen LogP) is 5.33. The van der Waals surface area contributed by atoms with Crippen molar-refractivity contribution in [2.24, 2.45) is 0 Å². The van der Waals surface area contributed by atoms with E-state index in [1.807, 2.05) is 6.07 Å². The van der Waals surface area contributed by atoms with Gasteiger partial charge in [-0.2, -0.15) is 0 Å². The highest BCUT2D eigenvalue weighted by molar-refractivity contribution is 5.90. The number of imidazole rings is 1. The van der Waals surface area contributed by atoms with Crippen LogP contribution in [0.2, 0.25) is 0 Å². The molecule has 1 saturated carbocycles. The lowest BCUT2D eigenvalue weighted by molar-refractivity contribution is -0.274. The standard InChI is InChI=1S/C21H19F3N4O3.ClH/c22-21(23,24)30-15-3-4-16-17(10-15)27-18(26-16)13-5-7-20(8-6-13)12-28(19(29)31-20)14-2-1-9-25-11-14;/h1-4,9-11,13H,5-8,12H2,(H,26,27);1H. The molecule has 0 bridgehead atoms. The summed E-state index contributed by atoms with van der Waals surface area (Å²) in [6.45, 7) is 0.475. The number of alkyl halides is 3. The van der Waals surface area contributed by atoms with Gasteiger partial charge in [-0.25, -0.2) is 9.78 Å². The summed E-state index contributed by atoms with van der Waals surface area (Å²) in [6, 6.07) is 7.65. The van der Waals surface area contributed by atoms with Crippen molar-refractivity contribution in [3.63, 3.8) is 0 Å². The molecule has 0 unspecified atom stereocenters. The Morgan fingerprint density at radius 3 is 2.69 bits per heavy atom. The molecular weight excluding hydrogens is 449 g/mol. The molecule has 32 heavy (non-hydrogen) atoms. The van der Waals surface area contributed by atoms with Gasteiger partial charge in [-0.1, -0.05) is 0 Å². The number of rotatable bonds is 3. The van der Waals surface area contributed by atoms with Crippen molar-refractivity contribution in [3.05, 3.63) is 48.5 Å². The Balaban J connectivity index is 0.00000245. The lowest BCUT2D eigenvalue weighted by atomic mass is 9.78. The van der Waals surface area contributed by atoms with Crippen LogP contribution in [0.5, 0.6) is 5.75 Å². The fraction of sp³-hybridized carbons (Fsp3) is 0.381. The first-order chi connectivity index (χ1) is 14.8. The number of carbonyl (C=O) groups is 1. The molecular formula is C21H20ClF3N4O3. The van der Waals surface area contributed by atoms with E-state index in [2.05, 4.69) is 19.7 Å². The number of aromatic nitrogens is 3. The minimum Gasteiger partial charge on any atom is -0.441 e.